The maximum atomic E-state index is 14.0. The van der Waals surface area contributed by atoms with Crippen molar-refractivity contribution in [2.45, 2.75) is 31.2 Å². The molecular formula is C19H24FN3O3S2. The van der Waals surface area contributed by atoms with Gasteiger partial charge in [0.25, 0.3) is 5.91 Å². The van der Waals surface area contributed by atoms with Gasteiger partial charge in [0.05, 0.1) is 5.69 Å². The van der Waals surface area contributed by atoms with Gasteiger partial charge < -0.3 is 10.2 Å². The lowest BCUT2D eigenvalue weighted by Crippen LogP contribution is -2.49. The number of carbonyl (C=O) groups excluding carboxylic acids is 1. The van der Waals surface area contributed by atoms with Crippen molar-refractivity contribution in [3.63, 3.8) is 0 Å². The fourth-order valence-corrected chi connectivity index (χ4v) is 5.80. The largest absolute Gasteiger partial charge is 0.367 e. The molecule has 2 heterocycles. The first-order chi connectivity index (χ1) is 13.1. The van der Waals surface area contributed by atoms with Crippen LogP contribution in [-0.2, 0) is 10.0 Å². The van der Waals surface area contributed by atoms with E-state index < -0.39 is 21.5 Å². The molecular weight excluding hydrogens is 401 g/mol. The molecule has 0 spiro atoms. The summed E-state index contributed by atoms with van der Waals surface area (Å²) in [5.74, 6) is -0.719. The Morgan fingerprint density at radius 1 is 1.11 bits per heavy atom. The van der Waals surface area contributed by atoms with E-state index in [4.69, 9.17) is 0 Å². The van der Waals surface area contributed by atoms with E-state index in [0.29, 0.717) is 18.8 Å². The van der Waals surface area contributed by atoms with Crippen LogP contribution in [0.5, 0.6) is 0 Å². The van der Waals surface area contributed by atoms with Crippen molar-refractivity contribution < 1.29 is 17.6 Å². The van der Waals surface area contributed by atoms with E-state index in [-0.39, 0.29) is 28.7 Å². The van der Waals surface area contributed by atoms with Gasteiger partial charge in [0.15, 0.2) is 0 Å². The fraction of sp³-hybridized carbons (Fsp3) is 0.421. The predicted molar refractivity (Wildman–Crippen MR) is 109 cm³/mol. The minimum atomic E-state index is -3.80. The molecule has 2 aromatic rings. The van der Waals surface area contributed by atoms with Crippen molar-refractivity contribution >= 4 is 33.0 Å². The van der Waals surface area contributed by atoms with Crippen LogP contribution in [0.2, 0.25) is 0 Å². The lowest BCUT2D eigenvalue weighted by atomic mass is 10.1. The Morgan fingerprint density at radius 2 is 1.75 bits per heavy atom. The average Bonchev–Trinajstić information content (AvgIpc) is 3.12. The van der Waals surface area contributed by atoms with Crippen LogP contribution in [0.3, 0.4) is 0 Å². The quantitative estimate of drug-likeness (QED) is 0.818. The van der Waals surface area contributed by atoms with Crippen molar-refractivity contribution in [3.05, 3.63) is 46.4 Å². The summed E-state index contributed by atoms with van der Waals surface area (Å²) in [5.41, 5.74) is 0.00773. The normalized spacial score (nSPS) is 16.2. The van der Waals surface area contributed by atoms with Gasteiger partial charge >= 0.3 is 0 Å². The number of thiophene rings is 1. The van der Waals surface area contributed by atoms with E-state index in [2.05, 4.69) is 5.32 Å². The summed E-state index contributed by atoms with van der Waals surface area (Å²) >= 11 is 1.11. The molecule has 1 aromatic carbocycles. The number of nitrogens with one attached hydrogen (secondary N) is 1. The van der Waals surface area contributed by atoms with Gasteiger partial charge in [-0.1, -0.05) is 12.1 Å². The monoisotopic (exact) mass is 425 g/mol. The van der Waals surface area contributed by atoms with Crippen LogP contribution in [0.1, 0.15) is 30.4 Å². The summed E-state index contributed by atoms with van der Waals surface area (Å²) < 4.78 is 41.6. The van der Waals surface area contributed by atoms with Crippen molar-refractivity contribution in [2.24, 2.45) is 0 Å². The Bertz CT molecular complexity index is 959. The highest BCUT2D eigenvalue weighted by Gasteiger charge is 2.33. The van der Waals surface area contributed by atoms with Crippen molar-refractivity contribution in [2.75, 3.05) is 31.1 Å². The number of sulfonamides is 1. The molecule has 1 fully saturated rings. The zero-order valence-electron chi connectivity index (χ0n) is 16.1. The minimum absolute atomic E-state index is 0.0265. The number of rotatable bonds is 4. The van der Waals surface area contributed by atoms with Crippen molar-refractivity contribution in [1.82, 2.24) is 9.62 Å². The van der Waals surface area contributed by atoms with Gasteiger partial charge in [-0.3, -0.25) is 4.79 Å². The van der Waals surface area contributed by atoms with Gasteiger partial charge in [0.2, 0.25) is 10.0 Å². The third kappa shape index (κ3) is 4.37. The average molecular weight is 426 g/mol. The molecule has 1 amide bonds. The van der Waals surface area contributed by atoms with Crippen LogP contribution in [0.4, 0.5) is 10.1 Å². The maximum Gasteiger partial charge on any atom is 0.263 e. The standard InChI is InChI=1S/C19H24FN3O3S2/c1-19(2,3)21-18(24)17-16(8-13-27-17)28(25,26)23-11-9-22(10-12-23)15-7-5-4-6-14(15)20/h4-8,13H,9-12H2,1-3H3,(H,21,24). The zero-order chi connectivity index (χ0) is 20.5. The predicted octanol–water partition coefficient (Wildman–Crippen LogP) is 2.93. The first-order valence-electron chi connectivity index (χ1n) is 8.99. The van der Waals surface area contributed by atoms with E-state index in [0.717, 1.165) is 11.3 Å². The van der Waals surface area contributed by atoms with Crippen LogP contribution >= 0.6 is 11.3 Å². The van der Waals surface area contributed by atoms with Gasteiger partial charge in [-0.15, -0.1) is 11.3 Å². The zero-order valence-corrected chi connectivity index (χ0v) is 17.7. The Balaban J connectivity index is 1.76. The number of halogens is 1. The molecule has 9 heteroatoms. The van der Waals surface area contributed by atoms with Crippen molar-refractivity contribution in [1.29, 1.82) is 0 Å². The number of carbonyl (C=O) groups is 1. The van der Waals surface area contributed by atoms with Gasteiger partial charge in [0, 0.05) is 31.7 Å². The Morgan fingerprint density at radius 3 is 2.36 bits per heavy atom. The SMILES string of the molecule is CC(C)(C)NC(=O)c1sccc1S(=O)(=O)N1CCN(c2ccccc2F)CC1. The molecule has 1 N–H and O–H groups in total. The Labute approximate surface area is 169 Å². The lowest BCUT2D eigenvalue weighted by Gasteiger charge is -2.35. The molecule has 28 heavy (non-hydrogen) atoms. The number of hydrogen-bond donors (Lipinski definition) is 1. The van der Waals surface area contributed by atoms with Crippen LogP contribution in [0.15, 0.2) is 40.6 Å². The highest BCUT2D eigenvalue weighted by molar-refractivity contribution is 7.89. The summed E-state index contributed by atoms with van der Waals surface area (Å²) in [5, 5.41) is 4.42. The maximum absolute atomic E-state index is 14.0. The van der Waals surface area contributed by atoms with Crippen LogP contribution in [0.25, 0.3) is 0 Å². The first kappa shape index (κ1) is 20.8. The molecule has 0 saturated carbocycles. The number of benzene rings is 1. The lowest BCUT2D eigenvalue weighted by molar-refractivity contribution is 0.0920. The van der Waals surface area contributed by atoms with Crippen LogP contribution < -0.4 is 10.2 Å². The van der Waals surface area contributed by atoms with E-state index >= 15 is 0 Å². The van der Waals surface area contributed by atoms with Crippen molar-refractivity contribution in [3.8, 4) is 0 Å². The summed E-state index contributed by atoms with van der Waals surface area (Å²) in [4.78, 5) is 14.6. The second-order valence-electron chi connectivity index (χ2n) is 7.66. The molecule has 0 bridgehead atoms. The molecule has 1 saturated heterocycles. The minimum Gasteiger partial charge on any atom is -0.367 e. The Hall–Kier alpha value is -1.97. The Kier molecular flexibility index (Phi) is 5.79. The molecule has 0 aliphatic carbocycles. The molecule has 1 aliphatic rings. The number of anilines is 1. The summed E-state index contributed by atoms with van der Waals surface area (Å²) in [6.07, 6.45) is 0. The number of para-hydroxylation sites is 1. The molecule has 152 valence electrons. The molecule has 6 nitrogen and oxygen atoms in total. The van der Waals surface area contributed by atoms with E-state index in [1.807, 2.05) is 25.7 Å². The molecule has 0 atom stereocenters. The van der Waals surface area contributed by atoms with Crippen LogP contribution in [0, 0.1) is 5.82 Å². The van der Waals surface area contributed by atoms with E-state index in [9.17, 15) is 17.6 Å². The summed E-state index contributed by atoms with van der Waals surface area (Å²) in [6.45, 7) is 6.75. The van der Waals surface area contributed by atoms with E-state index in [1.165, 1.54) is 16.4 Å². The third-order valence-electron chi connectivity index (χ3n) is 4.37. The fourth-order valence-electron chi connectivity index (χ4n) is 3.08. The van der Waals surface area contributed by atoms with Crippen LogP contribution in [-0.4, -0.2) is 50.3 Å². The number of piperazine rings is 1. The van der Waals surface area contributed by atoms with E-state index in [1.54, 1.807) is 23.6 Å². The second-order valence-corrected chi connectivity index (χ2v) is 10.5. The molecule has 0 unspecified atom stereocenters. The highest BCUT2D eigenvalue weighted by atomic mass is 32.2. The topological polar surface area (TPSA) is 69.7 Å². The number of hydrogen-bond acceptors (Lipinski definition) is 5. The van der Waals surface area contributed by atoms with Gasteiger partial charge in [-0.2, -0.15) is 4.31 Å². The molecule has 0 radical (unpaired) electrons. The molecule has 1 aromatic heterocycles. The van der Waals surface area contributed by atoms with Gasteiger partial charge in [0.1, 0.15) is 15.6 Å². The second kappa shape index (κ2) is 7.81. The highest BCUT2D eigenvalue weighted by Crippen LogP contribution is 2.28. The summed E-state index contributed by atoms with van der Waals surface area (Å²) in [6, 6.07) is 7.94. The number of nitrogens with zero attached hydrogens (tertiary/aromatic N) is 2. The molecule has 3 rings (SSSR count). The van der Waals surface area contributed by atoms with Gasteiger partial charge in [-0.05, 0) is 44.4 Å². The summed E-state index contributed by atoms with van der Waals surface area (Å²) in [7, 11) is -3.80. The smallest absolute Gasteiger partial charge is 0.263 e. The first-order valence-corrected chi connectivity index (χ1v) is 11.3. The van der Waals surface area contributed by atoms with Gasteiger partial charge in [-0.25, -0.2) is 12.8 Å². The number of amides is 1. The molecule has 1 aliphatic heterocycles. The third-order valence-corrected chi connectivity index (χ3v) is 7.36.